The van der Waals surface area contributed by atoms with E-state index in [4.69, 9.17) is 0 Å². The fourth-order valence-corrected chi connectivity index (χ4v) is 3.70. The van der Waals surface area contributed by atoms with Crippen molar-refractivity contribution in [3.05, 3.63) is 72.3 Å². The molecule has 140 valence electrons. The van der Waals surface area contributed by atoms with Crippen molar-refractivity contribution in [2.45, 2.75) is 17.4 Å². The number of benzene rings is 2. The molecule has 3 rings (SSSR count). The molecule has 3 N–H and O–H groups in total. The summed E-state index contributed by atoms with van der Waals surface area (Å²) in [5.74, 6) is -1.49. The summed E-state index contributed by atoms with van der Waals surface area (Å²) in [6.07, 6.45) is 1.26. The van der Waals surface area contributed by atoms with Crippen LogP contribution in [-0.2, 0) is 21.2 Å². The second-order valence-corrected chi connectivity index (χ2v) is 7.30. The quantitative estimate of drug-likeness (QED) is 0.566. The van der Waals surface area contributed by atoms with E-state index in [0.29, 0.717) is 0 Å². The minimum atomic E-state index is -4.27. The Bertz CT molecular complexity index is 1010. The highest BCUT2D eigenvalue weighted by Gasteiger charge is 2.28. The summed E-state index contributed by atoms with van der Waals surface area (Å²) < 4.78 is 41.4. The number of nitrogens with one attached hydrogen (secondary N) is 3. The molecule has 0 fully saturated rings. The van der Waals surface area contributed by atoms with Gasteiger partial charge in [-0.25, -0.2) is 17.9 Å². The predicted octanol–water partition coefficient (Wildman–Crippen LogP) is 1.47. The number of amides is 1. The molecule has 0 saturated carbocycles. The minimum absolute atomic E-state index is 0.0640. The van der Waals surface area contributed by atoms with Gasteiger partial charge in [-0.1, -0.05) is 42.5 Å². The number of H-pyrrole nitrogens is 1. The van der Waals surface area contributed by atoms with Crippen molar-refractivity contribution in [3.63, 3.8) is 0 Å². The summed E-state index contributed by atoms with van der Waals surface area (Å²) in [6.45, 7) is 0. The zero-order valence-corrected chi connectivity index (χ0v) is 14.8. The summed E-state index contributed by atoms with van der Waals surface area (Å²) >= 11 is 0. The second-order valence-electron chi connectivity index (χ2n) is 5.62. The Hall–Kier alpha value is -3.11. The van der Waals surface area contributed by atoms with Crippen molar-refractivity contribution in [1.82, 2.24) is 19.9 Å². The van der Waals surface area contributed by atoms with E-state index < -0.39 is 32.7 Å². The van der Waals surface area contributed by atoms with E-state index in [-0.39, 0.29) is 12.4 Å². The maximum absolute atomic E-state index is 13.9. The molecule has 8 nitrogen and oxygen atoms in total. The first-order valence-corrected chi connectivity index (χ1v) is 9.41. The smallest absolute Gasteiger partial charge is 0.245 e. The number of nitrogens with zero attached hydrogens (tertiary/aromatic N) is 2. The number of rotatable bonds is 7. The van der Waals surface area contributed by atoms with Gasteiger partial charge in [-0.15, -0.1) is 0 Å². The number of anilines is 1. The van der Waals surface area contributed by atoms with Crippen LogP contribution in [0.3, 0.4) is 0 Å². The van der Waals surface area contributed by atoms with Crippen molar-refractivity contribution in [1.29, 1.82) is 0 Å². The lowest BCUT2D eigenvalue weighted by Gasteiger charge is -2.18. The molecule has 1 aromatic heterocycles. The number of carbonyl (C=O) groups is 1. The van der Waals surface area contributed by atoms with Crippen LogP contribution in [0.2, 0.25) is 0 Å². The van der Waals surface area contributed by atoms with Gasteiger partial charge >= 0.3 is 0 Å². The maximum Gasteiger partial charge on any atom is 0.245 e. The molecule has 0 radical (unpaired) electrons. The van der Waals surface area contributed by atoms with Crippen LogP contribution >= 0.6 is 0 Å². The summed E-state index contributed by atoms with van der Waals surface area (Å²) in [4.78, 5) is 15.8. The number of carbonyl (C=O) groups excluding carboxylic acids is 1. The molecule has 0 spiro atoms. The molecule has 0 unspecified atom stereocenters. The first-order valence-electron chi connectivity index (χ1n) is 7.93. The Morgan fingerprint density at radius 2 is 1.81 bits per heavy atom. The zero-order valence-electron chi connectivity index (χ0n) is 14.0. The Labute approximate surface area is 154 Å². The van der Waals surface area contributed by atoms with Gasteiger partial charge in [0.1, 0.15) is 23.1 Å². The van der Waals surface area contributed by atoms with Gasteiger partial charge in [0.05, 0.1) is 0 Å². The van der Waals surface area contributed by atoms with Crippen LogP contribution < -0.4 is 10.0 Å². The summed E-state index contributed by atoms with van der Waals surface area (Å²) in [5.41, 5.74) is 0.728. The van der Waals surface area contributed by atoms with Gasteiger partial charge in [-0.2, -0.15) is 14.8 Å². The minimum Gasteiger partial charge on any atom is -0.294 e. The highest BCUT2D eigenvalue weighted by molar-refractivity contribution is 7.89. The highest BCUT2D eigenvalue weighted by atomic mass is 32.2. The Morgan fingerprint density at radius 3 is 2.48 bits per heavy atom. The monoisotopic (exact) mass is 389 g/mol. The highest BCUT2D eigenvalue weighted by Crippen LogP contribution is 2.15. The van der Waals surface area contributed by atoms with Crippen molar-refractivity contribution < 1.29 is 17.6 Å². The molecular weight excluding hydrogens is 373 g/mol. The van der Waals surface area contributed by atoms with Crippen LogP contribution in [0.5, 0.6) is 0 Å². The van der Waals surface area contributed by atoms with Gasteiger partial charge in [0, 0.05) is 0 Å². The molecule has 1 heterocycles. The molecule has 0 aliphatic carbocycles. The second kappa shape index (κ2) is 8.06. The Kier molecular flexibility index (Phi) is 5.57. The average Bonchev–Trinajstić information content (AvgIpc) is 3.15. The van der Waals surface area contributed by atoms with Gasteiger partial charge in [0.15, 0.2) is 0 Å². The van der Waals surface area contributed by atoms with Crippen molar-refractivity contribution in [3.8, 4) is 0 Å². The summed E-state index contributed by atoms with van der Waals surface area (Å²) in [5, 5.41) is 8.52. The first-order chi connectivity index (χ1) is 13.0. The molecule has 27 heavy (non-hydrogen) atoms. The van der Waals surface area contributed by atoms with Crippen LogP contribution in [0.4, 0.5) is 10.3 Å². The van der Waals surface area contributed by atoms with Crippen LogP contribution in [0.25, 0.3) is 0 Å². The van der Waals surface area contributed by atoms with E-state index in [9.17, 15) is 17.6 Å². The van der Waals surface area contributed by atoms with Crippen LogP contribution in [0.15, 0.2) is 65.8 Å². The molecule has 3 aromatic rings. The maximum atomic E-state index is 13.9. The number of hydrogen-bond donors (Lipinski definition) is 3. The Balaban J connectivity index is 1.87. The molecule has 10 heteroatoms. The third-order valence-electron chi connectivity index (χ3n) is 3.68. The normalized spacial score (nSPS) is 12.5. The number of sulfonamides is 1. The molecule has 1 amide bonds. The van der Waals surface area contributed by atoms with E-state index in [2.05, 4.69) is 25.2 Å². The van der Waals surface area contributed by atoms with Crippen molar-refractivity contribution in [2.75, 3.05) is 5.32 Å². The molecule has 0 aliphatic heterocycles. The topological polar surface area (TPSA) is 117 Å². The van der Waals surface area contributed by atoms with Crippen LogP contribution in [-0.4, -0.2) is 35.5 Å². The molecule has 2 aromatic carbocycles. The lowest BCUT2D eigenvalue weighted by molar-refractivity contribution is -0.117. The average molecular weight is 389 g/mol. The zero-order chi connectivity index (χ0) is 19.3. The van der Waals surface area contributed by atoms with Gasteiger partial charge in [0.25, 0.3) is 0 Å². The lowest BCUT2D eigenvalue weighted by atomic mass is 10.1. The predicted molar refractivity (Wildman–Crippen MR) is 95.7 cm³/mol. The third-order valence-corrected chi connectivity index (χ3v) is 5.18. The van der Waals surface area contributed by atoms with E-state index in [1.165, 1.54) is 18.5 Å². The fourth-order valence-electron chi connectivity index (χ4n) is 2.42. The molecule has 0 bridgehead atoms. The summed E-state index contributed by atoms with van der Waals surface area (Å²) in [6, 6.07) is 12.6. The third kappa shape index (κ3) is 4.74. The largest absolute Gasteiger partial charge is 0.294 e. The molecule has 1 atom stereocenters. The van der Waals surface area contributed by atoms with E-state index in [1.54, 1.807) is 30.3 Å². The Morgan fingerprint density at radius 1 is 1.11 bits per heavy atom. The van der Waals surface area contributed by atoms with Gasteiger partial charge in [-0.05, 0) is 24.1 Å². The van der Waals surface area contributed by atoms with Gasteiger partial charge < -0.3 is 0 Å². The van der Waals surface area contributed by atoms with Gasteiger partial charge in [-0.3, -0.25) is 10.1 Å². The standard InChI is InChI=1S/C17H16FN5O3S/c18-13-8-4-5-9-15(13)27(25,26)23-14(10-12-6-2-1-3-7-12)16(24)21-17-19-11-20-22-17/h1-9,11,14,23H,10H2,(H2,19,20,21,22,24)/t14-/m0/s1. The lowest BCUT2D eigenvalue weighted by Crippen LogP contribution is -2.45. The molecular formula is C17H16FN5O3S. The molecule has 0 aliphatic rings. The number of aromatic nitrogens is 3. The number of halogens is 1. The number of hydrogen-bond acceptors (Lipinski definition) is 5. The SMILES string of the molecule is O=C(Nc1ncn[nH]1)[C@H](Cc1ccccc1)NS(=O)(=O)c1ccccc1F. The van der Waals surface area contributed by atoms with E-state index >= 15 is 0 Å². The number of aromatic amines is 1. The van der Waals surface area contributed by atoms with Gasteiger partial charge in [0.2, 0.25) is 21.9 Å². The van der Waals surface area contributed by atoms with Crippen molar-refractivity contribution >= 4 is 21.9 Å². The van der Waals surface area contributed by atoms with E-state index in [1.807, 2.05) is 0 Å². The van der Waals surface area contributed by atoms with Crippen LogP contribution in [0, 0.1) is 5.82 Å². The summed E-state index contributed by atoms with van der Waals surface area (Å²) in [7, 11) is -4.27. The van der Waals surface area contributed by atoms with Crippen LogP contribution in [0.1, 0.15) is 5.56 Å². The molecule has 0 saturated heterocycles. The van der Waals surface area contributed by atoms with E-state index in [0.717, 1.165) is 17.7 Å². The fraction of sp³-hybridized carbons (Fsp3) is 0.118. The first kappa shape index (κ1) is 18.7. The van der Waals surface area contributed by atoms with Crippen molar-refractivity contribution in [2.24, 2.45) is 0 Å².